The van der Waals surface area contributed by atoms with E-state index in [4.69, 9.17) is 0 Å². The maximum Gasteiger partial charge on any atom is 0.147 e. The SMILES string of the molecule is Fc1cccc2c1Nc1c(F)cccc1S2. The zero-order valence-electron chi connectivity index (χ0n) is 8.13. The highest BCUT2D eigenvalue weighted by molar-refractivity contribution is 7.99. The van der Waals surface area contributed by atoms with Gasteiger partial charge in [0.05, 0.1) is 11.4 Å². The fourth-order valence-electron chi connectivity index (χ4n) is 1.66. The van der Waals surface area contributed by atoms with Crippen molar-refractivity contribution < 1.29 is 8.78 Å². The van der Waals surface area contributed by atoms with Gasteiger partial charge in [0.2, 0.25) is 0 Å². The van der Waals surface area contributed by atoms with E-state index in [9.17, 15) is 8.78 Å². The van der Waals surface area contributed by atoms with E-state index in [1.54, 1.807) is 12.1 Å². The Hall–Kier alpha value is -1.55. The molecule has 16 heavy (non-hydrogen) atoms. The zero-order chi connectivity index (χ0) is 11.1. The highest BCUT2D eigenvalue weighted by Crippen LogP contribution is 2.45. The molecule has 0 unspecified atom stereocenters. The number of anilines is 2. The lowest BCUT2D eigenvalue weighted by atomic mass is 10.2. The van der Waals surface area contributed by atoms with Crippen molar-refractivity contribution in [3.63, 3.8) is 0 Å². The summed E-state index contributed by atoms with van der Waals surface area (Å²) in [5, 5.41) is 2.81. The number of nitrogens with one attached hydrogen (secondary N) is 1. The predicted octanol–water partition coefficient (Wildman–Crippen LogP) is 4.17. The van der Waals surface area contributed by atoms with Gasteiger partial charge >= 0.3 is 0 Å². The molecule has 0 aliphatic carbocycles. The third-order valence-corrected chi connectivity index (χ3v) is 3.54. The number of para-hydroxylation sites is 2. The van der Waals surface area contributed by atoms with Gasteiger partial charge in [0.25, 0.3) is 0 Å². The van der Waals surface area contributed by atoms with E-state index < -0.39 is 0 Å². The molecule has 0 radical (unpaired) electrons. The van der Waals surface area contributed by atoms with Crippen molar-refractivity contribution >= 4 is 23.1 Å². The maximum atomic E-state index is 13.5. The van der Waals surface area contributed by atoms with Crippen molar-refractivity contribution in [1.29, 1.82) is 0 Å². The first-order valence-corrected chi connectivity index (χ1v) is 5.59. The summed E-state index contributed by atoms with van der Waals surface area (Å²) >= 11 is 1.37. The molecule has 4 heteroatoms. The minimum atomic E-state index is -0.362. The standard InChI is InChI=1S/C12H7F2NS/c13-7-3-1-5-9-11(7)15-12-8(14)4-2-6-10(12)16-9/h1-6,15H. The Balaban J connectivity index is 2.17. The molecule has 0 spiro atoms. The highest BCUT2D eigenvalue weighted by atomic mass is 32.2. The van der Waals surface area contributed by atoms with Crippen LogP contribution in [0.1, 0.15) is 0 Å². The molecular formula is C12H7F2NS. The third-order valence-electron chi connectivity index (χ3n) is 2.42. The molecule has 80 valence electrons. The summed E-state index contributed by atoms with van der Waals surface area (Å²) in [5.41, 5.74) is 0.704. The topological polar surface area (TPSA) is 12.0 Å². The molecule has 2 aromatic carbocycles. The fourth-order valence-corrected chi connectivity index (χ4v) is 2.70. The Kier molecular flexibility index (Phi) is 2.11. The van der Waals surface area contributed by atoms with Gasteiger partial charge in [-0.05, 0) is 24.3 Å². The Morgan fingerprint density at radius 1 is 0.812 bits per heavy atom. The van der Waals surface area contributed by atoms with Gasteiger partial charge in [0.15, 0.2) is 0 Å². The van der Waals surface area contributed by atoms with Crippen LogP contribution in [0.3, 0.4) is 0 Å². The number of halogens is 2. The molecular weight excluding hydrogens is 228 g/mol. The molecule has 0 aromatic heterocycles. The summed E-state index contributed by atoms with van der Waals surface area (Å²) in [6.45, 7) is 0. The molecule has 1 aliphatic heterocycles. The lowest BCUT2D eigenvalue weighted by molar-refractivity contribution is 0.620. The molecule has 1 heterocycles. The van der Waals surface area contributed by atoms with Crippen LogP contribution in [0.2, 0.25) is 0 Å². The van der Waals surface area contributed by atoms with Crippen LogP contribution < -0.4 is 5.32 Å². The second-order valence-electron chi connectivity index (χ2n) is 3.45. The molecule has 1 nitrogen and oxygen atoms in total. The fraction of sp³-hybridized carbons (Fsp3) is 0. The summed E-state index contributed by atoms with van der Waals surface area (Å²) < 4.78 is 27.0. The molecule has 3 rings (SSSR count). The Morgan fingerprint density at radius 2 is 1.31 bits per heavy atom. The van der Waals surface area contributed by atoms with Crippen molar-refractivity contribution in [3.05, 3.63) is 48.0 Å². The van der Waals surface area contributed by atoms with Crippen molar-refractivity contribution in [2.75, 3.05) is 5.32 Å². The van der Waals surface area contributed by atoms with E-state index in [0.29, 0.717) is 11.4 Å². The molecule has 0 saturated heterocycles. The number of rotatable bonds is 0. The van der Waals surface area contributed by atoms with Crippen molar-refractivity contribution in [3.8, 4) is 0 Å². The first kappa shape index (κ1) is 9.66. The van der Waals surface area contributed by atoms with E-state index in [0.717, 1.165) is 9.79 Å². The van der Waals surface area contributed by atoms with Crippen LogP contribution in [-0.2, 0) is 0 Å². The molecule has 0 saturated carbocycles. The first-order valence-electron chi connectivity index (χ1n) is 4.77. The van der Waals surface area contributed by atoms with Gasteiger partial charge < -0.3 is 5.32 Å². The smallest absolute Gasteiger partial charge is 0.147 e. The third kappa shape index (κ3) is 1.38. The molecule has 0 fully saturated rings. The molecule has 0 bridgehead atoms. The van der Waals surface area contributed by atoms with Gasteiger partial charge in [-0.1, -0.05) is 23.9 Å². The Morgan fingerprint density at radius 3 is 1.81 bits per heavy atom. The van der Waals surface area contributed by atoms with Crippen LogP contribution in [-0.4, -0.2) is 0 Å². The molecule has 1 N–H and O–H groups in total. The number of benzene rings is 2. The average molecular weight is 235 g/mol. The quantitative estimate of drug-likeness (QED) is 0.627. The predicted molar refractivity (Wildman–Crippen MR) is 60.2 cm³/mol. The number of hydrogen-bond acceptors (Lipinski definition) is 2. The van der Waals surface area contributed by atoms with E-state index >= 15 is 0 Å². The van der Waals surface area contributed by atoms with Gasteiger partial charge in [0, 0.05) is 9.79 Å². The van der Waals surface area contributed by atoms with Gasteiger partial charge in [-0.3, -0.25) is 0 Å². The minimum Gasteiger partial charge on any atom is -0.349 e. The maximum absolute atomic E-state index is 13.5. The monoisotopic (exact) mass is 235 g/mol. The normalized spacial score (nSPS) is 12.6. The lowest BCUT2D eigenvalue weighted by Crippen LogP contribution is -2.03. The summed E-state index contributed by atoms with van der Waals surface area (Å²) in [7, 11) is 0. The van der Waals surface area contributed by atoms with Crippen LogP contribution in [0.25, 0.3) is 0 Å². The van der Waals surface area contributed by atoms with E-state index in [-0.39, 0.29) is 11.6 Å². The number of fused-ring (bicyclic) bond motifs is 2. The van der Waals surface area contributed by atoms with Gasteiger partial charge in [-0.15, -0.1) is 0 Å². The first-order chi connectivity index (χ1) is 7.75. The van der Waals surface area contributed by atoms with Crippen molar-refractivity contribution in [2.24, 2.45) is 0 Å². The Labute approximate surface area is 95.5 Å². The summed E-state index contributed by atoms with van der Waals surface area (Å²) in [4.78, 5) is 1.55. The second kappa shape index (κ2) is 3.49. The molecule has 2 aromatic rings. The van der Waals surface area contributed by atoms with Crippen LogP contribution in [0, 0.1) is 11.6 Å². The van der Waals surface area contributed by atoms with E-state index in [1.807, 2.05) is 12.1 Å². The largest absolute Gasteiger partial charge is 0.349 e. The van der Waals surface area contributed by atoms with Crippen molar-refractivity contribution in [1.82, 2.24) is 0 Å². The van der Waals surface area contributed by atoms with Crippen LogP contribution >= 0.6 is 11.8 Å². The summed E-state index contributed by atoms with van der Waals surface area (Å²) in [6.07, 6.45) is 0. The minimum absolute atomic E-state index is 0.352. The van der Waals surface area contributed by atoms with E-state index in [1.165, 1.54) is 23.9 Å². The molecule has 1 aliphatic rings. The van der Waals surface area contributed by atoms with Crippen LogP contribution in [0.4, 0.5) is 20.2 Å². The Bertz CT molecular complexity index is 519. The summed E-state index contributed by atoms with van der Waals surface area (Å²) in [6, 6.07) is 9.63. The lowest BCUT2D eigenvalue weighted by Gasteiger charge is -2.21. The van der Waals surface area contributed by atoms with Gasteiger partial charge in [0.1, 0.15) is 11.6 Å². The van der Waals surface area contributed by atoms with Gasteiger partial charge in [-0.2, -0.15) is 0 Å². The molecule has 0 amide bonds. The average Bonchev–Trinajstić information content (AvgIpc) is 2.28. The van der Waals surface area contributed by atoms with E-state index in [2.05, 4.69) is 5.32 Å². The number of hydrogen-bond donors (Lipinski definition) is 1. The van der Waals surface area contributed by atoms with Gasteiger partial charge in [-0.25, -0.2) is 8.78 Å². The zero-order valence-corrected chi connectivity index (χ0v) is 8.94. The molecule has 0 atom stereocenters. The van der Waals surface area contributed by atoms with Crippen LogP contribution in [0.5, 0.6) is 0 Å². The highest BCUT2D eigenvalue weighted by Gasteiger charge is 2.20. The van der Waals surface area contributed by atoms with Crippen LogP contribution in [0.15, 0.2) is 46.2 Å². The van der Waals surface area contributed by atoms with Crippen molar-refractivity contribution in [2.45, 2.75) is 9.79 Å². The second-order valence-corrected chi connectivity index (χ2v) is 4.54. The summed E-state index contributed by atoms with van der Waals surface area (Å²) in [5.74, 6) is -0.724.